The highest BCUT2D eigenvalue weighted by Crippen LogP contribution is 2.19. The summed E-state index contributed by atoms with van der Waals surface area (Å²) in [5.41, 5.74) is 6.77. The number of piperazine rings is 1. The Morgan fingerprint density at radius 3 is 2.56 bits per heavy atom. The highest BCUT2D eigenvalue weighted by Gasteiger charge is 2.20. The van der Waals surface area contributed by atoms with E-state index < -0.39 is 0 Å². The maximum Gasteiger partial charge on any atom is 0.221 e. The van der Waals surface area contributed by atoms with Gasteiger partial charge in [-0.2, -0.15) is 4.98 Å². The Morgan fingerprint density at radius 2 is 1.94 bits per heavy atom. The lowest BCUT2D eigenvalue weighted by Gasteiger charge is -2.36. The predicted octanol–water partition coefficient (Wildman–Crippen LogP) is 1.15. The van der Waals surface area contributed by atoms with E-state index in [1.165, 1.54) is 6.54 Å². The van der Waals surface area contributed by atoms with Crippen molar-refractivity contribution in [2.75, 3.05) is 43.4 Å². The smallest absolute Gasteiger partial charge is 0.221 e. The molecule has 2 rings (SSSR count). The van der Waals surface area contributed by atoms with E-state index in [1.807, 2.05) is 6.92 Å². The molecule has 5 nitrogen and oxygen atoms in total. The molecular weight excluding hydrogens is 226 g/mol. The van der Waals surface area contributed by atoms with E-state index in [9.17, 15) is 0 Å². The maximum absolute atomic E-state index is 5.67. The molecule has 1 aliphatic rings. The summed E-state index contributed by atoms with van der Waals surface area (Å²) in [5.74, 6) is 2.08. The van der Waals surface area contributed by atoms with Gasteiger partial charge in [-0.05, 0) is 12.8 Å². The monoisotopic (exact) mass is 249 g/mol. The van der Waals surface area contributed by atoms with Crippen LogP contribution in [-0.4, -0.2) is 47.6 Å². The average molecular weight is 249 g/mol. The van der Waals surface area contributed by atoms with Crippen LogP contribution < -0.4 is 10.6 Å². The van der Waals surface area contributed by atoms with Gasteiger partial charge in [0.2, 0.25) is 5.95 Å². The molecule has 0 spiro atoms. The zero-order valence-electron chi connectivity index (χ0n) is 11.6. The van der Waals surface area contributed by atoms with Crippen molar-refractivity contribution in [3.8, 4) is 0 Å². The molecule has 1 aliphatic heterocycles. The predicted molar refractivity (Wildman–Crippen MR) is 74.7 cm³/mol. The quantitative estimate of drug-likeness (QED) is 0.870. The zero-order valence-corrected chi connectivity index (χ0v) is 11.6. The average Bonchev–Trinajstić information content (AvgIpc) is 2.33. The van der Waals surface area contributed by atoms with Crippen molar-refractivity contribution in [3.05, 3.63) is 11.8 Å². The second-order valence-electron chi connectivity index (χ2n) is 5.42. The Morgan fingerprint density at radius 1 is 1.28 bits per heavy atom. The summed E-state index contributed by atoms with van der Waals surface area (Å²) >= 11 is 0. The van der Waals surface area contributed by atoms with Crippen LogP contribution in [0.2, 0.25) is 0 Å². The Bertz CT molecular complexity index is 396. The fourth-order valence-corrected chi connectivity index (χ4v) is 2.42. The van der Waals surface area contributed by atoms with E-state index >= 15 is 0 Å². The largest absolute Gasteiger partial charge is 0.368 e. The highest BCUT2D eigenvalue weighted by atomic mass is 15.3. The SMILES string of the molecule is Cc1cnc(N)nc1N1CCN(CC(C)C)CC1. The van der Waals surface area contributed by atoms with Crippen LogP contribution in [-0.2, 0) is 0 Å². The van der Waals surface area contributed by atoms with Crippen LogP contribution >= 0.6 is 0 Å². The summed E-state index contributed by atoms with van der Waals surface area (Å²) in [6.07, 6.45) is 1.80. The van der Waals surface area contributed by atoms with E-state index in [-0.39, 0.29) is 0 Å². The number of hydrogen-bond acceptors (Lipinski definition) is 5. The summed E-state index contributed by atoms with van der Waals surface area (Å²) < 4.78 is 0. The van der Waals surface area contributed by atoms with Crippen molar-refractivity contribution < 1.29 is 0 Å². The molecule has 1 aromatic heterocycles. The van der Waals surface area contributed by atoms with Gasteiger partial charge in [0.1, 0.15) is 5.82 Å². The number of hydrogen-bond donors (Lipinski definition) is 1. The molecule has 2 N–H and O–H groups in total. The fourth-order valence-electron chi connectivity index (χ4n) is 2.42. The summed E-state index contributed by atoms with van der Waals surface area (Å²) in [4.78, 5) is 13.2. The summed E-state index contributed by atoms with van der Waals surface area (Å²) in [7, 11) is 0. The van der Waals surface area contributed by atoms with Crippen LogP contribution in [0.3, 0.4) is 0 Å². The van der Waals surface area contributed by atoms with Crippen molar-refractivity contribution in [1.29, 1.82) is 0 Å². The molecule has 1 saturated heterocycles. The van der Waals surface area contributed by atoms with Gasteiger partial charge in [0.25, 0.3) is 0 Å². The van der Waals surface area contributed by atoms with Crippen molar-refractivity contribution in [3.63, 3.8) is 0 Å². The van der Waals surface area contributed by atoms with Crippen LogP contribution in [0, 0.1) is 12.8 Å². The minimum Gasteiger partial charge on any atom is -0.368 e. The number of rotatable bonds is 3. The molecule has 0 unspecified atom stereocenters. The second-order valence-corrected chi connectivity index (χ2v) is 5.42. The van der Waals surface area contributed by atoms with Gasteiger partial charge in [0.15, 0.2) is 0 Å². The van der Waals surface area contributed by atoms with Crippen LogP contribution in [0.15, 0.2) is 6.20 Å². The number of aromatic nitrogens is 2. The minimum absolute atomic E-state index is 0.361. The van der Waals surface area contributed by atoms with Crippen LogP contribution in [0.4, 0.5) is 11.8 Å². The molecule has 0 radical (unpaired) electrons. The molecule has 0 aromatic carbocycles. The Balaban J connectivity index is 1.99. The van der Waals surface area contributed by atoms with E-state index in [1.54, 1.807) is 6.20 Å². The molecule has 2 heterocycles. The maximum atomic E-state index is 5.67. The van der Waals surface area contributed by atoms with Gasteiger partial charge >= 0.3 is 0 Å². The topological polar surface area (TPSA) is 58.3 Å². The van der Waals surface area contributed by atoms with Crippen molar-refractivity contribution in [1.82, 2.24) is 14.9 Å². The lowest BCUT2D eigenvalue weighted by Crippen LogP contribution is -2.48. The summed E-state index contributed by atoms with van der Waals surface area (Å²) in [5, 5.41) is 0. The number of nitrogen functional groups attached to an aromatic ring is 1. The standard InChI is InChI=1S/C13H23N5/c1-10(2)9-17-4-6-18(7-5-17)12-11(3)8-15-13(14)16-12/h8,10H,4-7,9H2,1-3H3,(H2,14,15,16). The fraction of sp³-hybridized carbons (Fsp3) is 0.692. The Kier molecular flexibility index (Phi) is 4.01. The molecular formula is C13H23N5. The molecule has 100 valence electrons. The lowest BCUT2D eigenvalue weighted by atomic mass is 10.2. The second kappa shape index (κ2) is 5.52. The van der Waals surface area contributed by atoms with Crippen LogP contribution in [0.25, 0.3) is 0 Å². The number of nitrogens with two attached hydrogens (primary N) is 1. The molecule has 0 bridgehead atoms. The number of anilines is 2. The first-order valence-electron chi connectivity index (χ1n) is 6.62. The molecule has 0 atom stereocenters. The van der Waals surface area contributed by atoms with E-state index in [0.29, 0.717) is 5.95 Å². The van der Waals surface area contributed by atoms with Gasteiger partial charge in [0, 0.05) is 44.5 Å². The summed E-state index contributed by atoms with van der Waals surface area (Å²) in [6.45, 7) is 12.0. The highest BCUT2D eigenvalue weighted by molar-refractivity contribution is 5.48. The minimum atomic E-state index is 0.361. The lowest BCUT2D eigenvalue weighted by molar-refractivity contribution is 0.231. The molecule has 5 heteroatoms. The van der Waals surface area contributed by atoms with Gasteiger partial charge in [-0.3, -0.25) is 4.90 Å². The first kappa shape index (κ1) is 13.1. The third-order valence-electron chi connectivity index (χ3n) is 3.26. The van der Waals surface area contributed by atoms with Gasteiger partial charge < -0.3 is 10.6 Å². The van der Waals surface area contributed by atoms with Gasteiger partial charge in [-0.25, -0.2) is 4.98 Å². The molecule has 1 fully saturated rings. The number of aryl methyl sites for hydroxylation is 1. The van der Waals surface area contributed by atoms with E-state index in [4.69, 9.17) is 5.73 Å². The van der Waals surface area contributed by atoms with Crippen molar-refractivity contribution >= 4 is 11.8 Å². The van der Waals surface area contributed by atoms with Crippen molar-refractivity contribution in [2.24, 2.45) is 5.92 Å². The molecule has 1 aromatic rings. The normalized spacial score (nSPS) is 17.4. The zero-order chi connectivity index (χ0) is 13.1. The number of nitrogens with zero attached hydrogens (tertiary/aromatic N) is 4. The molecule has 0 saturated carbocycles. The van der Waals surface area contributed by atoms with Crippen LogP contribution in [0.1, 0.15) is 19.4 Å². The Labute approximate surface area is 109 Å². The Hall–Kier alpha value is -1.36. The first-order valence-corrected chi connectivity index (χ1v) is 6.62. The van der Waals surface area contributed by atoms with Gasteiger partial charge in [-0.1, -0.05) is 13.8 Å². The third kappa shape index (κ3) is 3.10. The molecule has 0 aliphatic carbocycles. The first-order chi connectivity index (χ1) is 8.56. The van der Waals surface area contributed by atoms with Gasteiger partial charge in [0.05, 0.1) is 0 Å². The van der Waals surface area contributed by atoms with E-state index in [0.717, 1.165) is 43.5 Å². The third-order valence-corrected chi connectivity index (χ3v) is 3.26. The van der Waals surface area contributed by atoms with Crippen molar-refractivity contribution in [2.45, 2.75) is 20.8 Å². The van der Waals surface area contributed by atoms with E-state index in [2.05, 4.69) is 33.6 Å². The van der Waals surface area contributed by atoms with Gasteiger partial charge in [-0.15, -0.1) is 0 Å². The summed E-state index contributed by atoms with van der Waals surface area (Å²) in [6, 6.07) is 0. The molecule has 0 amide bonds. The molecule has 18 heavy (non-hydrogen) atoms. The van der Waals surface area contributed by atoms with Crippen LogP contribution in [0.5, 0.6) is 0 Å².